The summed E-state index contributed by atoms with van der Waals surface area (Å²) in [5.41, 5.74) is 0. The maximum atomic E-state index is 12.3. The number of likely N-dealkylation sites (tertiary alicyclic amines) is 1. The minimum atomic E-state index is -3.06. The zero-order chi connectivity index (χ0) is 14.8. The number of amides is 1. The van der Waals surface area contributed by atoms with E-state index in [9.17, 15) is 18.0 Å². The van der Waals surface area contributed by atoms with Crippen LogP contribution in [0.15, 0.2) is 0 Å². The maximum absolute atomic E-state index is 12.3. The number of nitrogens with zero attached hydrogens (tertiary/aromatic N) is 1. The van der Waals surface area contributed by atoms with Crippen molar-refractivity contribution in [3.63, 3.8) is 0 Å². The molecule has 1 amide bonds. The van der Waals surface area contributed by atoms with E-state index in [0.717, 1.165) is 12.8 Å². The van der Waals surface area contributed by atoms with E-state index in [0.29, 0.717) is 26.1 Å². The van der Waals surface area contributed by atoms with Crippen LogP contribution in [0.25, 0.3) is 0 Å². The summed E-state index contributed by atoms with van der Waals surface area (Å²) in [6.07, 6.45) is 1.89. The molecule has 2 saturated heterocycles. The summed E-state index contributed by atoms with van der Waals surface area (Å²) in [6.45, 7) is 3.05. The van der Waals surface area contributed by atoms with E-state index < -0.39 is 15.8 Å². The predicted molar refractivity (Wildman–Crippen MR) is 72.7 cm³/mol. The third kappa shape index (κ3) is 3.50. The Morgan fingerprint density at radius 2 is 2.00 bits per heavy atom. The summed E-state index contributed by atoms with van der Waals surface area (Å²) < 4.78 is 27.9. The Labute approximate surface area is 119 Å². The summed E-state index contributed by atoms with van der Waals surface area (Å²) in [7, 11) is -3.06. The standard InChI is InChI=1S/C13H21NO5S/c1-2-19-13(16)10-4-3-6-14(8-10)12(15)11-5-7-20(17,18)9-11/h10-11H,2-9H2,1H3. The lowest BCUT2D eigenvalue weighted by Crippen LogP contribution is -2.45. The maximum Gasteiger partial charge on any atom is 0.310 e. The quantitative estimate of drug-likeness (QED) is 0.697. The molecule has 0 saturated carbocycles. The zero-order valence-corrected chi connectivity index (χ0v) is 12.5. The zero-order valence-electron chi connectivity index (χ0n) is 11.7. The Morgan fingerprint density at radius 3 is 2.60 bits per heavy atom. The molecule has 0 aromatic heterocycles. The Bertz CT molecular complexity index is 487. The third-order valence-electron chi connectivity index (χ3n) is 3.93. The number of sulfone groups is 1. The molecular formula is C13H21NO5S. The second-order valence-corrected chi connectivity index (χ2v) is 7.70. The third-order valence-corrected chi connectivity index (χ3v) is 5.70. The van der Waals surface area contributed by atoms with E-state index in [1.165, 1.54) is 0 Å². The van der Waals surface area contributed by atoms with Crippen LogP contribution in [0.2, 0.25) is 0 Å². The molecule has 114 valence electrons. The van der Waals surface area contributed by atoms with Gasteiger partial charge in [0.05, 0.1) is 29.9 Å². The molecule has 6 nitrogen and oxygen atoms in total. The van der Waals surface area contributed by atoms with E-state index in [2.05, 4.69) is 0 Å². The first-order valence-electron chi connectivity index (χ1n) is 7.09. The average molecular weight is 303 g/mol. The molecule has 2 rings (SSSR count). The lowest BCUT2D eigenvalue weighted by atomic mass is 9.96. The molecule has 0 N–H and O–H groups in total. The van der Waals surface area contributed by atoms with Gasteiger partial charge in [-0.05, 0) is 26.2 Å². The molecule has 0 spiro atoms. The smallest absolute Gasteiger partial charge is 0.310 e. The van der Waals surface area contributed by atoms with Gasteiger partial charge in [-0.1, -0.05) is 0 Å². The molecule has 2 heterocycles. The van der Waals surface area contributed by atoms with Gasteiger partial charge in [-0.25, -0.2) is 8.42 Å². The molecular weight excluding hydrogens is 282 g/mol. The highest BCUT2D eigenvalue weighted by atomic mass is 32.2. The summed E-state index contributed by atoms with van der Waals surface area (Å²) in [5, 5.41) is 0. The highest BCUT2D eigenvalue weighted by Crippen LogP contribution is 2.24. The van der Waals surface area contributed by atoms with Gasteiger partial charge in [0.15, 0.2) is 9.84 Å². The first-order valence-corrected chi connectivity index (χ1v) is 8.91. The molecule has 2 fully saturated rings. The molecule has 0 aromatic rings. The molecule has 0 aromatic carbocycles. The molecule has 2 atom stereocenters. The molecule has 0 bridgehead atoms. The van der Waals surface area contributed by atoms with Gasteiger partial charge < -0.3 is 9.64 Å². The summed E-state index contributed by atoms with van der Waals surface area (Å²) in [6, 6.07) is 0. The van der Waals surface area contributed by atoms with E-state index in [4.69, 9.17) is 4.74 Å². The van der Waals surface area contributed by atoms with Gasteiger partial charge in [-0.3, -0.25) is 9.59 Å². The molecule has 2 unspecified atom stereocenters. The molecule has 2 aliphatic rings. The van der Waals surface area contributed by atoms with Crippen molar-refractivity contribution in [2.24, 2.45) is 11.8 Å². The van der Waals surface area contributed by atoms with Gasteiger partial charge in [0.2, 0.25) is 5.91 Å². The van der Waals surface area contributed by atoms with Crippen molar-refractivity contribution >= 4 is 21.7 Å². The number of hydrogen-bond donors (Lipinski definition) is 0. The van der Waals surface area contributed by atoms with Crippen molar-refractivity contribution in [3.05, 3.63) is 0 Å². The van der Waals surface area contributed by atoms with Gasteiger partial charge >= 0.3 is 5.97 Å². The van der Waals surface area contributed by atoms with E-state index in [1.807, 2.05) is 0 Å². The monoisotopic (exact) mass is 303 g/mol. The average Bonchev–Trinajstić information content (AvgIpc) is 2.79. The van der Waals surface area contributed by atoms with E-state index >= 15 is 0 Å². The molecule has 20 heavy (non-hydrogen) atoms. The van der Waals surface area contributed by atoms with Crippen LogP contribution >= 0.6 is 0 Å². The Balaban J connectivity index is 1.95. The van der Waals surface area contributed by atoms with Gasteiger partial charge in [0, 0.05) is 13.1 Å². The minimum Gasteiger partial charge on any atom is -0.466 e. The van der Waals surface area contributed by atoms with Gasteiger partial charge in [-0.15, -0.1) is 0 Å². The predicted octanol–water partition coefficient (Wildman–Crippen LogP) is 0.223. The van der Waals surface area contributed by atoms with Crippen molar-refractivity contribution in [1.82, 2.24) is 4.90 Å². The van der Waals surface area contributed by atoms with Crippen molar-refractivity contribution in [3.8, 4) is 0 Å². The first kappa shape index (κ1) is 15.3. The van der Waals surface area contributed by atoms with E-state index in [-0.39, 0.29) is 29.3 Å². The van der Waals surface area contributed by atoms with Crippen molar-refractivity contribution in [2.45, 2.75) is 26.2 Å². The fourth-order valence-electron chi connectivity index (χ4n) is 2.88. The lowest BCUT2D eigenvalue weighted by Gasteiger charge is -2.33. The molecule has 0 radical (unpaired) electrons. The summed E-state index contributed by atoms with van der Waals surface area (Å²) >= 11 is 0. The number of rotatable bonds is 3. The number of esters is 1. The molecule has 2 aliphatic heterocycles. The van der Waals surface area contributed by atoms with Crippen LogP contribution in [-0.4, -0.2) is 56.4 Å². The van der Waals surface area contributed by atoms with Gasteiger partial charge in [0.25, 0.3) is 0 Å². The summed E-state index contributed by atoms with van der Waals surface area (Å²) in [5.74, 6) is -1.04. The highest BCUT2D eigenvalue weighted by molar-refractivity contribution is 7.91. The number of carbonyl (C=O) groups is 2. The Hall–Kier alpha value is -1.11. The minimum absolute atomic E-state index is 0.0492. The fourth-order valence-corrected chi connectivity index (χ4v) is 4.61. The molecule has 0 aliphatic carbocycles. The van der Waals surface area contributed by atoms with Crippen LogP contribution < -0.4 is 0 Å². The second kappa shape index (κ2) is 6.11. The van der Waals surface area contributed by atoms with Crippen LogP contribution in [0.1, 0.15) is 26.2 Å². The van der Waals surface area contributed by atoms with Gasteiger partial charge in [-0.2, -0.15) is 0 Å². The van der Waals surface area contributed by atoms with Crippen molar-refractivity contribution in [2.75, 3.05) is 31.2 Å². The Morgan fingerprint density at radius 1 is 1.25 bits per heavy atom. The summed E-state index contributed by atoms with van der Waals surface area (Å²) in [4.78, 5) is 25.7. The highest BCUT2D eigenvalue weighted by Gasteiger charge is 2.37. The number of piperidine rings is 1. The van der Waals surface area contributed by atoms with Crippen LogP contribution in [0, 0.1) is 11.8 Å². The first-order chi connectivity index (χ1) is 9.43. The number of hydrogen-bond acceptors (Lipinski definition) is 5. The van der Waals surface area contributed by atoms with E-state index in [1.54, 1.807) is 11.8 Å². The Kier molecular flexibility index (Phi) is 4.67. The van der Waals surface area contributed by atoms with Crippen LogP contribution in [-0.2, 0) is 24.2 Å². The molecule has 7 heteroatoms. The van der Waals surface area contributed by atoms with Crippen LogP contribution in [0.5, 0.6) is 0 Å². The second-order valence-electron chi connectivity index (χ2n) is 5.48. The largest absolute Gasteiger partial charge is 0.466 e. The topological polar surface area (TPSA) is 80.8 Å². The van der Waals surface area contributed by atoms with Crippen molar-refractivity contribution in [1.29, 1.82) is 0 Å². The fraction of sp³-hybridized carbons (Fsp3) is 0.846. The van der Waals surface area contributed by atoms with Crippen molar-refractivity contribution < 1.29 is 22.7 Å². The van der Waals surface area contributed by atoms with Crippen LogP contribution in [0.4, 0.5) is 0 Å². The van der Waals surface area contributed by atoms with Crippen LogP contribution in [0.3, 0.4) is 0 Å². The number of carbonyl (C=O) groups excluding carboxylic acids is 2. The lowest BCUT2D eigenvalue weighted by molar-refractivity contribution is -0.151. The SMILES string of the molecule is CCOC(=O)C1CCCN(C(=O)C2CCS(=O)(=O)C2)C1. The number of ether oxygens (including phenoxy) is 1. The normalized spacial score (nSPS) is 29.1. The van der Waals surface area contributed by atoms with Gasteiger partial charge in [0.1, 0.15) is 0 Å².